The minimum Gasteiger partial charge on any atom is -0.496 e. The molecule has 0 radical (unpaired) electrons. The van der Waals surface area contributed by atoms with Crippen molar-refractivity contribution in [3.63, 3.8) is 0 Å². The minimum atomic E-state index is -2.41. The van der Waals surface area contributed by atoms with Gasteiger partial charge >= 0.3 is 5.97 Å². The van der Waals surface area contributed by atoms with Crippen molar-refractivity contribution in [2.45, 2.75) is 6.85 Å². The molecule has 26 heavy (non-hydrogen) atoms. The lowest BCUT2D eigenvalue weighted by Gasteiger charge is -2.05. The van der Waals surface area contributed by atoms with Crippen LogP contribution in [0, 0.1) is 6.85 Å². The van der Waals surface area contributed by atoms with E-state index in [1.807, 2.05) is 0 Å². The van der Waals surface area contributed by atoms with Gasteiger partial charge in [0.05, 0.1) is 53.1 Å². The molecule has 8 nitrogen and oxygen atoms in total. The zero-order valence-electron chi connectivity index (χ0n) is 17.3. The molecular formula is C18H17N5O3. The number of benzene rings is 1. The molecule has 4 rings (SSSR count). The Morgan fingerprint density at radius 2 is 2.12 bits per heavy atom. The molecule has 0 aliphatic carbocycles. The number of aryl methyl sites for hydroxylation is 2. The van der Waals surface area contributed by atoms with E-state index < -0.39 is 12.8 Å². The molecule has 0 fully saturated rings. The number of ether oxygens (including phenoxy) is 2. The van der Waals surface area contributed by atoms with E-state index in [0.717, 1.165) is 0 Å². The maximum absolute atomic E-state index is 11.9. The summed E-state index contributed by atoms with van der Waals surface area (Å²) in [5, 5.41) is 8.35. The van der Waals surface area contributed by atoms with E-state index in [1.165, 1.54) is 18.9 Å². The van der Waals surface area contributed by atoms with Gasteiger partial charge in [-0.05, 0) is 25.1 Å². The van der Waals surface area contributed by atoms with Crippen molar-refractivity contribution in [2.24, 2.45) is 7.05 Å². The van der Waals surface area contributed by atoms with Gasteiger partial charge in [-0.2, -0.15) is 0 Å². The molecule has 0 bridgehead atoms. The number of esters is 1. The van der Waals surface area contributed by atoms with E-state index >= 15 is 0 Å². The number of pyridine rings is 1. The maximum Gasteiger partial charge on any atom is 0.338 e. The number of nitrogens with one attached hydrogen (secondary N) is 1. The van der Waals surface area contributed by atoms with Gasteiger partial charge in [0.2, 0.25) is 0 Å². The normalized spacial score (nSPS) is 13.4. The van der Waals surface area contributed by atoms with Gasteiger partial charge in [-0.25, -0.2) is 9.48 Å². The van der Waals surface area contributed by atoms with Crippen LogP contribution in [0.5, 0.6) is 5.75 Å². The van der Waals surface area contributed by atoms with Crippen LogP contribution in [0.15, 0.2) is 24.4 Å². The highest BCUT2D eigenvalue weighted by Gasteiger charge is 2.17. The number of hydrogen-bond acceptors (Lipinski definition) is 6. The molecule has 132 valence electrons. The topological polar surface area (TPSA) is 94.9 Å². The first kappa shape index (κ1) is 12.9. The molecule has 0 amide bonds. The summed E-state index contributed by atoms with van der Waals surface area (Å²) in [6.07, 6.45) is 1.57. The first-order valence-corrected chi connectivity index (χ1v) is 7.73. The van der Waals surface area contributed by atoms with Gasteiger partial charge in [0.25, 0.3) is 0 Å². The Balaban J connectivity index is 1.96. The third-order valence-electron chi connectivity index (χ3n) is 4.24. The molecule has 0 atom stereocenters. The standard InChI is InChI=1S/C18H17N5O3/c1-9-17(23(2)22-21-9)11-6-13-16(19-8-11)15-12(20-13)5-10(18(24)26-4)7-14(15)25-3/h5-8,20H,1-4H3/i1D3. The molecule has 1 N–H and O–H groups in total. The summed E-state index contributed by atoms with van der Waals surface area (Å²) in [5.74, 6) is -0.0134. The average Bonchev–Trinajstić information content (AvgIpc) is 3.25. The van der Waals surface area contributed by atoms with Crippen LogP contribution in [0.3, 0.4) is 0 Å². The third kappa shape index (κ3) is 2.30. The second kappa shape index (κ2) is 5.83. The van der Waals surface area contributed by atoms with E-state index in [4.69, 9.17) is 13.6 Å². The van der Waals surface area contributed by atoms with Crippen molar-refractivity contribution >= 4 is 27.9 Å². The largest absolute Gasteiger partial charge is 0.496 e. The number of fused-ring (bicyclic) bond motifs is 3. The smallest absolute Gasteiger partial charge is 0.338 e. The number of carbonyl (C=O) groups excluding carboxylic acids is 1. The molecule has 0 aliphatic heterocycles. The van der Waals surface area contributed by atoms with Crippen LogP contribution in [-0.4, -0.2) is 45.2 Å². The SMILES string of the molecule is [2H]C([2H])([2H])c1nnn(C)c1-c1cnc2c(c1)[nH]c1cc(C(=O)OC)cc(OC)c12. The summed E-state index contributed by atoms with van der Waals surface area (Å²) in [6.45, 7) is -2.41. The van der Waals surface area contributed by atoms with E-state index in [0.29, 0.717) is 44.5 Å². The molecule has 4 aromatic rings. The molecule has 3 aromatic heterocycles. The molecule has 8 heteroatoms. The van der Waals surface area contributed by atoms with Gasteiger partial charge in [-0.1, -0.05) is 5.21 Å². The zero-order valence-corrected chi connectivity index (χ0v) is 14.3. The van der Waals surface area contributed by atoms with Gasteiger partial charge in [0, 0.05) is 22.9 Å². The van der Waals surface area contributed by atoms with Crippen molar-refractivity contribution in [2.75, 3.05) is 14.2 Å². The number of aromatic nitrogens is 5. The number of nitrogens with zero attached hydrogens (tertiary/aromatic N) is 4. The predicted molar refractivity (Wildman–Crippen MR) is 96.2 cm³/mol. The molecule has 0 spiro atoms. The Bertz CT molecular complexity index is 1260. The maximum atomic E-state index is 11.9. The van der Waals surface area contributed by atoms with E-state index in [2.05, 4.69) is 20.3 Å². The third-order valence-corrected chi connectivity index (χ3v) is 4.24. The number of H-pyrrole nitrogens is 1. The van der Waals surface area contributed by atoms with E-state index in [1.54, 1.807) is 31.4 Å². The number of carbonyl (C=O) groups is 1. The highest BCUT2D eigenvalue weighted by Crippen LogP contribution is 2.35. The quantitative estimate of drug-likeness (QED) is 0.568. The Morgan fingerprint density at radius 3 is 2.85 bits per heavy atom. The Kier molecular flexibility index (Phi) is 2.89. The lowest BCUT2D eigenvalue weighted by atomic mass is 10.1. The van der Waals surface area contributed by atoms with Crippen molar-refractivity contribution in [3.8, 4) is 17.0 Å². The highest BCUT2D eigenvalue weighted by atomic mass is 16.5. The lowest BCUT2D eigenvalue weighted by Crippen LogP contribution is -2.01. The predicted octanol–water partition coefficient (Wildman–Crippen LogP) is 2.62. The number of aromatic amines is 1. The van der Waals surface area contributed by atoms with Crippen molar-refractivity contribution in [1.82, 2.24) is 25.0 Å². The van der Waals surface area contributed by atoms with Crippen molar-refractivity contribution in [1.29, 1.82) is 0 Å². The van der Waals surface area contributed by atoms with Crippen LogP contribution in [0.4, 0.5) is 0 Å². The van der Waals surface area contributed by atoms with Gasteiger partial charge in [0.15, 0.2) is 0 Å². The van der Waals surface area contributed by atoms with Crippen LogP contribution < -0.4 is 4.74 Å². The molecule has 1 aromatic carbocycles. The second-order valence-electron chi connectivity index (χ2n) is 5.75. The van der Waals surface area contributed by atoms with Gasteiger partial charge in [-0.15, -0.1) is 5.10 Å². The van der Waals surface area contributed by atoms with Crippen LogP contribution >= 0.6 is 0 Å². The van der Waals surface area contributed by atoms with Crippen molar-refractivity contribution < 1.29 is 18.4 Å². The van der Waals surface area contributed by atoms with Gasteiger partial charge in [0.1, 0.15) is 5.75 Å². The Morgan fingerprint density at radius 1 is 1.27 bits per heavy atom. The minimum absolute atomic E-state index is 0.0946. The summed E-state index contributed by atoms with van der Waals surface area (Å²) < 4.78 is 34.7. The summed E-state index contributed by atoms with van der Waals surface area (Å²) >= 11 is 0. The number of rotatable bonds is 3. The lowest BCUT2D eigenvalue weighted by molar-refractivity contribution is 0.0600. The fourth-order valence-corrected chi connectivity index (χ4v) is 3.07. The Hall–Kier alpha value is -3.42. The van der Waals surface area contributed by atoms with E-state index in [-0.39, 0.29) is 5.69 Å². The molecule has 0 saturated carbocycles. The number of methoxy groups -OCH3 is 2. The number of hydrogen-bond donors (Lipinski definition) is 1. The highest BCUT2D eigenvalue weighted by molar-refractivity contribution is 6.11. The first-order valence-electron chi connectivity index (χ1n) is 9.23. The molecule has 0 aliphatic rings. The average molecular weight is 354 g/mol. The van der Waals surface area contributed by atoms with Crippen LogP contribution in [-0.2, 0) is 11.8 Å². The van der Waals surface area contributed by atoms with Crippen LogP contribution in [0.2, 0.25) is 0 Å². The Labute approximate surface area is 153 Å². The second-order valence-corrected chi connectivity index (χ2v) is 5.75. The summed E-state index contributed by atoms with van der Waals surface area (Å²) in [7, 11) is 4.44. The molecule has 0 unspecified atom stereocenters. The van der Waals surface area contributed by atoms with Crippen molar-refractivity contribution in [3.05, 3.63) is 35.7 Å². The fraction of sp³-hybridized carbons (Fsp3) is 0.222. The molecule has 3 heterocycles. The molecular weight excluding hydrogens is 334 g/mol. The van der Waals surface area contributed by atoms with Gasteiger partial charge in [-0.3, -0.25) is 4.98 Å². The van der Waals surface area contributed by atoms with Gasteiger partial charge < -0.3 is 14.5 Å². The van der Waals surface area contributed by atoms with Crippen LogP contribution in [0.25, 0.3) is 33.2 Å². The monoisotopic (exact) mass is 354 g/mol. The zero-order chi connectivity index (χ0) is 20.9. The first-order chi connectivity index (χ1) is 13.7. The fourth-order valence-electron chi connectivity index (χ4n) is 3.07. The molecule has 0 saturated heterocycles. The summed E-state index contributed by atoms with van der Waals surface area (Å²) in [5.41, 5.74) is 3.07. The van der Waals surface area contributed by atoms with Crippen LogP contribution in [0.1, 0.15) is 20.2 Å². The summed E-state index contributed by atoms with van der Waals surface area (Å²) in [6, 6.07) is 5.02. The van der Waals surface area contributed by atoms with E-state index in [9.17, 15) is 4.79 Å². The summed E-state index contributed by atoms with van der Waals surface area (Å²) in [4.78, 5) is 19.7.